The molecule has 0 aliphatic heterocycles. The first-order valence-electron chi connectivity index (χ1n) is 4.36. The van der Waals surface area contributed by atoms with Gasteiger partial charge >= 0.3 is 6.18 Å². The van der Waals surface area contributed by atoms with Crippen LogP contribution in [0.3, 0.4) is 0 Å². The van der Waals surface area contributed by atoms with Crippen molar-refractivity contribution in [3.05, 3.63) is 28.2 Å². The molecule has 0 unspecified atom stereocenters. The Hall–Kier alpha value is -0.600. The molecule has 0 aliphatic rings. The minimum atomic E-state index is -4.74. The third-order valence-electron chi connectivity index (χ3n) is 2.02. The van der Waals surface area contributed by atoms with Gasteiger partial charge in [0.2, 0.25) is 10.0 Å². The van der Waals surface area contributed by atoms with Crippen molar-refractivity contribution in [2.75, 3.05) is 14.1 Å². The fourth-order valence-corrected chi connectivity index (χ4v) is 3.04. The van der Waals surface area contributed by atoms with Gasteiger partial charge in [-0.05, 0) is 12.1 Å². The molecule has 0 amide bonds. The Morgan fingerprint density at radius 1 is 1.24 bits per heavy atom. The number of rotatable bonds is 2. The zero-order valence-electron chi connectivity index (χ0n) is 8.92. The quantitative estimate of drug-likeness (QED) is 0.835. The van der Waals surface area contributed by atoms with Gasteiger partial charge in [-0.15, -0.1) is 0 Å². The fourth-order valence-electron chi connectivity index (χ4n) is 1.19. The molecule has 3 nitrogen and oxygen atoms in total. The van der Waals surface area contributed by atoms with Gasteiger partial charge in [-0.3, -0.25) is 0 Å². The zero-order chi connectivity index (χ0) is 13.4. The summed E-state index contributed by atoms with van der Waals surface area (Å²) in [5.41, 5.74) is -1.19. The Labute approximate surface area is 105 Å². The van der Waals surface area contributed by atoms with Crippen LogP contribution in [-0.2, 0) is 16.2 Å². The fraction of sp³-hybridized carbons (Fsp3) is 0.333. The van der Waals surface area contributed by atoms with Crippen LogP contribution in [0.15, 0.2) is 27.6 Å². The van der Waals surface area contributed by atoms with E-state index in [0.717, 1.165) is 16.4 Å². The van der Waals surface area contributed by atoms with Gasteiger partial charge in [0.25, 0.3) is 0 Å². The predicted molar refractivity (Wildman–Crippen MR) is 60.0 cm³/mol. The second-order valence-corrected chi connectivity index (χ2v) is 6.37. The van der Waals surface area contributed by atoms with E-state index < -0.39 is 26.7 Å². The molecule has 0 heterocycles. The molecule has 0 spiro atoms. The van der Waals surface area contributed by atoms with Crippen molar-refractivity contribution in [2.24, 2.45) is 0 Å². The first kappa shape index (κ1) is 14.5. The Morgan fingerprint density at radius 3 is 2.18 bits per heavy atom. The summed E-state index contributed by atoms with van der Waals surface area (Å²) in [7, 11) is -1.78. The van der Waals surface area contributed by atoms with E-state index in [2.05, 4.69) is 15.9 Å². The lowest BCUT2D eigenvalue weighted by molar-refractivity contribution is -0.140. The summed E-state index contributed by atoms with van der Waals surface area (Å²) in [5.74, 6) is 0. The van der Waals surface area contributed by atoms with Crippen LogP contribution >= 0.6 is 15.9 Å². The first-order valence-corrected chi connectivity index (χ1v) is 6.60. The van der Waals surface area contributed by atoms with Crippen LogP contribution in [0.25, 0.3) is 0 Å². The van der Waals surface area contributed by atoms with Gasteiger partial charge in [-0.25, -0.2) is 12.7 Å². The molecule has 1 aromatic carbocycles. The normalized spacial score (nSPS) is 13.1. The molecule has 96 valence electrons. The van der Waals surface area contributed by atoms with E-state index in [1.54, 1.807) is 0 Å². The molecule has 1 rings (SSSR count). The highest BCUT2D eigenvalue weighted by molar-refractivity contribution is 9.10. The summed E-state index contributed by atoms with van der Waals surface area (Å²) in [6.45, 7) is 0. The molecule has 0 N–H and O–H groups in total. The number of benzene rings is 1. The largest absolute Gasteiger partial charge is 0.418 e. The molecule has 8 heteroatoms. The first-order chi connectivity index (χ1) is 7.58. The van der Waals surface area contributed by atoms with E-state index in [1.807, 2.05) is 0 Å². The lowest BCUT2D eigenvalue weighted by Gasteiger charge is -2.17. The SMILES string of the molecule is CN(C)S(=O)(=O)c1cccc(Br)c1C(F)(F)F. The number of halogens is 4. The Morgan fingerprint density at radius 2 is 1.76 bits per heavy atom. The van der Waals surface area contributed by atoms with E-state index in [1.165, 1.54) is 20.2 Å². The van der Waals surface area contributed by atoms with E-state index in [0.29, 0.717) is 0 Å². The third kappa shape index (κ3) is 2.80. The van der Waals surface area contributed by atoms with Crippen LogP contribution in [0.1, 0.15) is 5.56 Å². The molecular weight excluding hydrogens is 323 g/mol. The van der Waals surface area contributed by atoms with Gasteiger partial charge < -0.3 is 0 Å². The summed E-state index contributed by atoms with van der Waals surface area (Å²) >= 11 is 2.72. The maximum Gasteiger partial charge on any atom is 0.418 e. The summed E-state index contributed by atoms with van der Waals surface area (Å²) < 4.78 is 62.3. The van der Waals surface area contributed by atoms with Gasteiger partial charge in [0.15, 0.2) is 0 Å². The van der Waals surface area contributed by atoms with Crippen molar-refractivity contribution >= 4 is 26.0 Å². The topological polar surface area (TPSA) is 37.4 Å². The number of hydrogen-bond acceptors (Lipinski definition) is 2. The molecular formula is C9H9BrF3NO2S. The predicted octanol–water partition coefficient (Wildman–Crippen LogP) is 2.72. The molecule has 0 bridgehead atoms. The number of sulfonamides is 1. The minimum Gasteiger partial charge on any atom is -0.207 e. The van der Waals surface area contributed by atoms with Crippen molar-refractivity contribution in [3.8, 4) is 0 Å². The highest BCUT2D eigenvalue weighted by Gasteiger charge is 2.39. The second-order valence-electron chi connectivity index (χ2n) is 3.40. The Kier molecular flexibility index (Phi) is 3.90. The molecule has 0 fully saturated rings. The average molecular weight is 332 g/mol. The zero-order valence-corrected chi connectivity index (χ0v) is 11.3. The van der Waals surface area contributed by atoms with Crippen molar-refractivity contribution in [2.45, 2.75) is 11.1 Å². The van der Waals surface area contributed by atoms with Crippen molar-refractivity contribution in [1.29, 1.82) is 0 Å². The van der Waals surface area contributed by atoms with Crippen LogP contribution in [0.4, 0.5) is 13.2 Å². The van der Waals surface area contributed by atoms with Crippen LogP contribution in [0.2, 0.25) is 0 Å². The Balaban J connectivity index is 3.63. The van der Waals surface area contributed by atoms with Gasteiger partial charge in [0.05, 0.1) is 10.5 Å². The van der Waals surface area contributed by atoms with Gasteiger partial charge in [0.1, 0.15) is 0 Å². The smallest absolute Gasteiger partial charge is 0.207 e. The molecule has 0 aromatic heterocycles. The molecule has 17 heavy (non-hydrogen) atoms. The van der Waals surface area contributed by atoms with E-state index in [-0.39, 0.29) is 4.47 Å². The molecule has 0 saturated heterocycles. The summed E-state index contributed by atoms with van der Waals surface area (Å²) in [6.07, 6.45) is -4.74. The van der Waals surface area contributed by atoms with Crippen LogP contribution < -0.4 is 0 Å². The maximum atomic E-state index is 12.8. The molecule has 0 aliphatic carbocycles. The number of hydrogen-bond donors (Lipinski definition) is 0. The summed E-state index contributed by atoms with van der Waals surface area (Å²) in [5, 5.41) is 0. The van der Waals surface area contributed by atoms with Crippen LogP contribution in [0.5, 0.6) is 0 Å². The molecule has 0 atom stereocenters. The highest BCUT2D eigenvalue weighted by Crippen LogP contribution is 2.39. The standard InChI is InChI=1S/C9H9BrF3NO2S/c1-14(2)17(15,16)7-5-3-4-6(10)8(7)9(11,12)13/h3-5H,1-2H3. The van der Waals surface area contributed by atoms with Gasteiger partial charge in [-0.1, -0.05) is 22.0 Å². The number of nitrogens with zero attached hydrogens (tertiary/aromatic N) is 1. The molecule has 1 aromatic rings. The Bertz CT molecular complexity index is 526. The van der Waals surface area contributed by atoms with Crippen LogP contribution in [-0.4, -0.2) is 26.8 Å². The average Bonchev–Trinajstić information content (AvgIpc) is 2.14. The van der Waals surface area contributed by atoms with E-state index in [4.69, 9.17) is 0 Å². The van der Waals surface area contributed by atoms with Crippen molar-refractivity contribution in [3.63, 3.8) is 0 Å². The van der Waals surface area contributed by atoms with Crippen molar-refractivity contribution in [1.82, 2.24) is 4.31 Å². The van der Waals surface area contributed by atoms with Gasteiger partial charge in [-0.2, -0.15) is 13.2 Å². The van der Waals surface area contributed by atoms with Gasteiger partial charge in [0, 0.05) is 18.6 Å². The van der Waals surface area contributed by atoms with E-state index in [9.17, 15) is 21.6 Å². The summed E-state index contributed by atoms with van der Waals surface area (Å²) in [4.78, 5) is -0.760. The molecule has 0 radical (unpaired) electrons. The molecule has 0 saturated carbocycles. The van der Waals surface area contributed by atoms with Crippen LogP contribution in [0, 0.1) is 0 Å². The lowest BCUT2D eigenvalue weighted by atomic mass is 10.2. The lowest BCUT2D eigenvalue weighted by Crippen LogP contribution is -2.25. The second kappa shape index (κ2) is 4.58. The number of alkyl halides is 3. The van der Waals surface area contributed by atoms with E-state index >= 15 is 0 Å². The minimum absolute atomic E-state index is 0.298. The monoisotopic (exact) mass is 331 g/mol. The highest BCUT2D eigenvalue weighted by atomic mass is 79.9. The third-order valence-corrected chi connectivity index (χ3v) is 4.54. The maximum absolute atomic E-state index is 12.8. The van der Waals surface area contributed by atoms with Crippen molar-refractivity contribution < 1.29 is 21.6 Å². The summed E-state index contributed by atoms with van der Waals surface area (Å²) in [6, 6.07) is 3.33.